The zero-order valence-electron chi connectivity index (χ0n) is 14.1. The Balaban J connectivity index is 1.39. The third kappa shape index (κ3) is 5.22. The van der Waals surface area contributed by atoms with Crippen molar-refractivity contribution in [1.82, 2.24) is 10.2 Å². The third-order valence-electron chi connectivity index (χ3n) is 4.22. The largest absolute Gasteiger partial charge is 0.494 e. The zero-order valence-corrected chi connectivity index (χ0v) is 14.1. The fraction of sp³-hybridized carbons (Fsp3) is 0.444. The number of hydrogen-bond donors (Lipinski definition) is 2. The second-order valence-electron chi connectivity index (χ2n) is 6.14. The summed E-state index contributed by atoms with van der Waals surface area (Å²) in [7, 11) is 0. The Kier molecular flexibility index (Phi) is 5.90. The van der Waals surface area contributed by atoms with Crippen LogP contribution < -0.4 is 10.6 Å². The van der Waals surface area contributed by atoms with Crippen LogP contribution in [0.1, 0.15) is 12.8 Å². The lowest BCUT2D eigenvalue weighted by Crippen LogP contribution is -2.47. The Morgan fingerprint density at radius 2 is 1.88 bits per heavy atom. The van der Waals surface area contributed by atoms with Crippen LogP contribution in [0.15, 0.2) is 42.4 Å². The molecule has 3 rings (SSSR count). The van der Waals surface area contributed by atoms with Crippen LogP contribution in [0.25, 0.3) is 0 Å². The molecule has 2 heterocycles. The van der Waals surface area contributed by atoms with Gasteiger partial charge in [0.1, 0.15) is 19.5 Å². The minimum Gasteiger partial charge on any atom is -0.494 e. The number of benzene rings is 1. The molecule has 7 heteroatoms. The lowest BCUT2D eigenvalue weighted by Gasteiger charge is -2.32. The Hall–Kier alpha value is -2.54. The molecule has 25 heavy (non-hydrogen) atoms. The van der Waals surface area contributed by atoms with Gasteiger partial charge in [-0.3, -0.25) is 14.5 Å². The van der Waals surface area contributed by atoms with E-state index in [0.29, 0.717) is 19.8 Å². The number of rotatable bonds is 5. The molecule has 1 saturated heterocycles. The van der Waals surface area contributed by atoms with Crippen LogP contribution >= 0.6 is 0 Å². The second-order valence-corrected chi connectivity index (χ2v) is 6.14. The molecule has 0 unspecified atom stereocenters. The van der Waals surface area contributed by atoms with E-state index in [0.717, 1.165) is 31.6 Å². The first-order valence-corrected chi connectivity index (χ1v) is 8.53. The van der Waals surface area contributed by atoms with E-state index < -0.39 is 0 Å². The molecule has 134 valence electrons. The Labute approximate surface area is 147 Å². The summed E-state index contributed by atoms with van der Waals surface area (Å²) < 4.78 is 10.4. The van der Waals surface area contributed by atoms with E-state index in [-0.39, 0.29) is 23.6 Å². The van der Waals surface area contributed by atoms with Crippen molar-refractivity contribution in [3.63, 3.8) is 0 Å². The van der Waals surface area contributed by atoms with Crippen molar-refractivity contribution < 1.29 is 19.1 Å². The molecule has 0 saturated carbocycles. The van der Waals surface area contributed by atoms with Crippen LogP contribution in [-0.2, 0) is 19.1 Å². The minimum atomic E-state index is -0.236. The molecule has 2 aliphatic rings. The summed E-state index contributed by atoms with van der Waals surface area (Å²) in [6, 6.07) is 9.51. The lowest BCUT2D eigenvalue weighted by molar-refractivity contribution is -0.123. The van der Waals surface area contributed by atoms with Crippen LogP contribution in [-0.4, -0.2) is 55.6 Å². The predicted octanol–water partition coefficient (Wildman–Crippen LogP) is 1.09. The van der Waals surface area contributed by atoms with Crippen molar-refractivity contribution in [1.29, 1.82) is 0 Å². The average molecular weight is 345 g/mol. The van der Waals surface area contributed by atoms with Gasteiger partial charge in [-0.2, -0.15) is 0 Å². The van der Waals surface area contributed by atoms with Gasteiger partial charge in [0.25, 0.3) is 5.91 Å². The van der Waals surface area contributed by atoms with E-state index in [9.17, 15) is 9.59 Å². The summed E-state index contributed by atoms with van der Waals surface area (Å²) in [6.45, 7) is 2.76. The van der Waals surface area contributed by atoms with Crippen LogP contribution in [0.5, 0.6) is 0 Å². The smallest absolute Gasteiger partial charge is 0.289 e. The number of ether oxygens (including phenoxy) is 2. The standard InChI is InChI=1S/C18H23N3O4/c22-17(19-14-4-2-1-3-5-14)12-21-8-6-15(7-9-21)20-18(23)16-13-24-10-11-25-16/h1-5,13,15H,6-12H2,(H,19,22)(H,20,23). The highest BCUT2D eigenvalue weighted by Crippen LogP contribution is 2.13. The summed E-state index contributed by atoms with van der Waals surface area (Å²) >= 11 is 0. The number of nitrogens with one attached hydrogen (secondary N) is 2. The maximum absolute atomic E-state index is 12.1. The van der Waals surface area contributed by atoms with E-state index in [1.165, 1.54) is 6.26 Å². The molecule has 0 bridgehead atoms. The number of nitrogens with zero attached hydrogens (tertiary/aromatic N) is 1. The van der Waals surface area contributed by atoms with Crippen LogP contribution in [0, 0.1) is 0 Å². The van der Waals surface area contributed by atoms with E-state index in [4.69, 9.17) is 9.47 Å². The molecule has 1 aromatic carbocycles. The number of piperidine rings is 1. The summed E-state index contributed by atoms with van der Waals surface area (Å²) in [5.74, 6) is -0.0255. The van der Waals surface area contributed by atoms with E-state index in [2.05, 4.69) is 15.5 Å². The summed E-state index contributed by atoms with van der Waals surface area (Å²) in [5.41, 5.74) is 0.803. The van der Waals surface area contributed by atoms with Gasteiger partial charge in [0.15, 0.2) is 0 Å². The molecule has 0 radical (unpaired) electrons. The maximum atomic E-state index is 12.1. The molecule has 0 aromatic heterocycles. The Morgan fingerprint density at radius 3 is 2.56 bits per heavy atom. The highest BCUT2D eigenvalue weighted by Gasteiger charge is 2.24. The molecule has 0 spiro atoms. The maximum Gasteiger partial charge on any atom is 0.289 e. The van der Waals surface area contributed by atoms with Gasteiger partial charge in [0.05, 0.1) is 6.54 Å². The van der Waals surface area contributed by atoms with Crippen molar-refractivity contribution >= 4 is 17.5 Å². The number of carbonyl (C=O) groups excluding carboxylic acids is 2. The van der Waals surface area contributed by atoms with Crippen LogP contribution in [0.3, 0.4) is 0 Å². The second kappa shape index (κ2) is 8.53. The molecular weight excluding hydrogens is 322 g/mol. The minimum absolute atomic E-state index is 0.0217. The molecule has 0 atom stereocenters. The number of carbonyl (C=O) groups is 2. The Morgan fingerprint density at radius 1 is 1.12 bits per heavy atom. The first-order chi connectivity index (χ1) is 12.2. The van der Waals surface area contributed by atoms with Crippen molar-refractivity contribution in [3.05, 3.63) is 42.4 Å². The SMILES string of the molecule is O=C(CN1CCC(NC(=O)C2=COCCO2)CC1)Nc1ccccc1. The van der Waals surface area contributed by atoms with Crippen LogP contribution in [0.4, 0.5) is 5.69 Å². The van der Waals surface area contributed by atoms with Gasteiger partial charge in [-0.05, 0) is 25.0 Å². The van der Waals surface area contributed by atoms with Crippen molar-refractivity contribution in [3.8, 4) is 0 Å². The molecule has 1 fully saturated rings. The van der Waals surface area contributed by atoms with Crippen molar-refractivity contribution in [2.75, 3.05) is 38.2 Å². The summed E-state index contributed by atoms with van der Waals surface area (Å²) in [4.78, 5) is 26.3. The topological polar surface area (TPSA) is 79.9 Å². The zero-order chi connectivity index (χ0) is 17.5. The fourth-order valence-electron chi connectivity index (χ4n) is 2.90. The normalized spacial score (nSPS) is 18.5. The van der Waals surface area contributed by atoms with Gasteiger partial charge >= 0.3 is 0 Å². The van der Waals surface area contributed by atoms with Crippen molar-refractivity contribution in [2.24, 2.45) is 0 Å². The lowest BCUT2D eigenvalue weighted by atomic mass is 10.0. The van der Waals surface area contributed by atoms with Gasteiger partial charge in [0, 0.05) is 24.8 Å². The predicted molar refractivity (Wildman–Crippen MR) is 92.7 cm³/mol. The molecule has 0 aliphatic carbocycles. The first kappa shape index (κ1) is 17.3. The van der Waals surface area contributed by atoms with E-state index >= 15 is 0 Å². The quantitative estimate of drug-likeness (QED) is 0.835. The number of para-hydroxylation sites is 1. The monoisotopic (exact) mass is 345 g/mol. The van der Waals surface area contributed by atoms with Gasteiger partial charge in [0.2, 0.25) is 11.7 Å². The third-order valence-corrected chi connectivity index (χ3v) is 4.22. The highest BCUT2D eigenvalue weighted by atomic mass is 16.6. The molecular formula is C18H23N3O4. The number of hydrogen-bond acceptors (Lipinski definition) is 5. The van der Waals surface area contributed by atoms with Gasteiger partial charge in [-0.15, -0.1) is 0 Å². The van der Waals surface area contributed by atoms with Gasteiger partial charge in [-0.25, -0.2) is 0 Å². The Bertz CT molecular complexity index is 624. The van der Waals surface area contributed by atoms with E-state index in [1.54, 1.807) is 0 Å². The van der Waals surface area contributed by atoms with Gasteiger partial charge < -0.3 is 20.1 Å². The molecule has 1 aromatic rings. The summed E-state index contributed by atoms with van der Waals surface area (Å²) in [6.07, 6.45) is 2.97. The number of amides is 2. The van der Waals surface area contributed by atoms with E-state index in [1.807, 2.05) is 30.3 Å². The van der Waals surface area contributed by atoms with Gasteiger partial charge in [-0.1, -0.05) is 18.2 Å². The number of anilines is 1. The molecule has 2 aliphatic heterocycles. The molecule has 7 nitrogen and oxygen atoms in total. The number of likely N-dealkylation sites (tertiary alicyclic amines) is 1. The fourth-order valence-corrected chi connectivity index (χ4v) is 2.90. The highest BCUT2D eigenvalue weighted by molar-refractivity contribution is 5.92. The average Bonchev–Trinajstić information content (AvgIpc) is 2.65. The summed E-state index contributed by atoms with van der Waals surface area (Å²) in [5, 5.41) is 5.85. The molecule has 2 N–H and O–H groups in total. The van der Waals surface area contributed by atoms with Crippen molar-refractivity contribution in [2.45, 2.75) is 18.9 Å². The van der Waals surface area contributed by atoms with Crippen LogP contribution in [0.2, 0.25) is 0 Å². The molecule has 2 amide bonds. The first-order valence-electron chi connectivity index (χ1n) is 8.53.